The number of aromatic nitrogens is 2. The van der Waals surface area contributed by atoms with Gasteiger partial charge in [-0.1, -0.05) is 32.0 Å². The van der Waals surface area contributed by atoms with Gasteiger partial charge in [0.25, 0.3) is 5.91 Å². The Morgan fingerprint density at radius 2 is 1.97 bits per heavy atom. The minimum absolute atomic E-state index is 0.0370. The highest BCUT2D eigenvalue weighted by Crippen LogP contribution is 2.47. The maximum absolute atomic E-state index is 13.6. The number of ether oxygens (including phenoxy) is 2. The number of carbonyl (C=O) groups excluding carboxylic acids is 1. The summed E-state index contributed by atoms with van der Waals surface area (Å²) in [4.78, 5) is 15.3. The number of aromatic hydroxyl groups is 1. The number of phenols is 1. The normalized spacial score (nSPS) is 20.7. The lowest BCUT2D eigenvalue weighted by molar-refractivity contribution is 0.0677. The van der Waals surface area contributed by atoms with Crippen molar-refractivity contribution < 1.29 is 27.8 Å². The molecule has 10 heteroatoms. The third-order valence-corrected chi connectivity index (χ3v) is 8.39. The number of hydrogen-bond acceptors (Lipinski definition) is 7. The van der Waals surface area contributed by atoms with Crippen molar-refractivity contribution >= 4 is 15.7 Å². The highest BCUT2D eigenvalue weighted by molar-refractivity contribution is 7.91. The minimum Gasteiger partial charge on any atom is -0.507 e. The van der Waals surface area contributed by atoms with Crippen molar-refractivity contribution in [3.63, 3.8) is 0 Å². The van der Waals surface area contributed by atoms with Gasteiger partial charge in [-0.2, -0.15) is 5.10 Å². The average Bonchev–Trinajstić information content (AvgIpc) is 3.51. The SMILES string of the molecule is COc1cc(C2c3c(-c4ccccc4O)n[nH]c3C(=O)N2C2CCS(=O)(=O)C2)ccc1OCC(C)C. The smallest absolute Gasteiger partial charge is 0.273 e. The van der Waals surface area contributed by atoms with Crippen molar-refractivity contribution in [2.45, 2.75) is 32.4 Å². The first-order valence-corrected chi connectivity index (χ1v) is 13.7. The first kappa shape index (κ1) is 24.2. The van der Waals surface area contributed by atoms with E-state index in [-0.39, 0.29) is 23.2 Å². The Kier molecular flexibility index (Phi) is 6.15. The molecule has 2 atom stereocenters. The Balaban J connectivity index is 1.65. The molecule has 2 unspecified atom stereocenters. The van der Waals surface area contributed by atoms with E-state index in [9.17, 15) is 18.3 Å². The van der Waals surface area contributed by atoms with Crippen LogP contribution < -0.4 is 9.47 Å². The molecule has 1 fully saturated rings. The molecule has 5 rings (SSSR count). The molecule has 2 N–H and O–H groups in total. The second-order valence-corrected chi connectivity index (χ2v) is 11.9. The summed E-state index contributed by atoms with van der Waals surface area (Å²) in [6, 6.07) is 11.2. The molecule has 1 aromatic heterocycles. The van der Waals surface area contributed by atoms with Gasteiger partial charge in [-0.3, -0.25) is 9.89 Å². The second-order valence-electron chi connectivity index (χ2n) is 9.67. The van der Waals surface area contributed by atoms with Gasteiger partial charge in [0.2, 0.25) is 0 Å². The number of phenolic OH excluding ortho intramolecular Hbond substituents is 1. The zero-order valence-corrected chi connectivity index (χ0v) is 21.2. The summed E-state index contributed by atoms with van der Waals surface area (Å²) < 4.78 is 36.2. The quantitative estimate of drug-likeness (QED) is 0.497. The zero-order valence-electron chi connectivity index (χ0n) is 20.4. The van der Waals surface area contributed by atoms with Crippen molar-refractivity contribution in [1.82, 2.24) is 15.1 Å². The van der Waals surface area contributed by atoms with Crippen LogP contribution in [0.4, 0.5) is 0 Å². The molecule has 2 aromatic carbocycles. The topological polar surface area (TPSA) is 122 Å². The van der Waals surface area contributed by atoms with Crippen LogP contribution >= 0.6 is 0 Å². The molecular weight excluding hydrogens is 482 g/mol. The summed E-state index contributed by atoms with van der Waals surface area (Å²) in [7, 11) is -1.69. The monoisotopic (exact) mass is 511 g/mol. The zero-order chi connectivity index (χ0) is 25.6. The number of para-hydroxylation sites is 1. The summed E-state index contributed by atoms with van der Waals surface area (Å²) in [6.07, 6.45) is 0.362. The number of amides is 1. The van der Waals surface area contributed by atoms with Gasteiger partial charge in [-0.05, 0) is 42.2 Å². The lowest BCUT2D eigenvalue weighted by atomic mass is 9.94. The van der Waals surface area contributed by atoms with E-state index < -0.39 is 21.9 Å². The Bertz CT molecular complexity index is 1410. The highest BCUT2D eigenvalue weighted by Gasteiger charge is 2.48. The lowest BCUT2D eigenvalue weighted by Gasteiger charge is -2.31. The maximum atomic E-state index is 13.6. The van der Waals surface area contributed by atoms with Crippen LogP contribution in [0.1, 0.15) is 47.9 Å². The number of fused-ring (bicyclic) bond motifs is 1. The van der Waals surface area contributed by atoms with Crippen molar-refractivity contribution in [1.29, 1.82) is 0 Å². The molecule has 3 aromatic rings. The van der Waals surface area contributed by atoms with Gasteiger partial charge in [-0.25, -0.2) is 8.42 Å². The molecule has 1 saturated heterocycles. The molecule has 0 spiro atoms. The fourth-order valence-corrected chi connectivity index (χ4v) is 6.68. The Labute approximate surface area is 210 Å². The fraction of sp³-hybridized carbons (Fsp3) is 0.385. The van der Waals surface area contributed by atoms with Crippen molar-refractivity contribution in [3.05, 3.63) is 59.3 Å². The van der Waals surface area contributed by atoms with Crippen LogP contribution in [0.2, 0.25) is 0 Å². The van der Waals surface area contributed by atoms with Crippen LogP contribution in [0.3, 0.4) is 0 Å². The van der Waals surface area contributed by atoms with Gasteiger partial charge in [0.15, 0.2) is 21.3 Å². The standard InChI is InChI=1S/C26H29N3O6S/c1-15(2)13-35-20-9-8-16(12-21(20)34-3)25-22-23(18-6-4-5-7-19(18)30)27-28-24(22)26(31)29(25)17-10-11-36(32,33)14-17/h4-9,12,15,17,25,30H,10-11,13-14H2,1-3H3,(H,27,28). The molecule has 0 radical (unpaired) electrons. The molecule has 36 heavy (non-hydrogen) atoms. The van der Waals surface area contributed by atoms with Crippen molar-refractivity contribution in [2.24, 2.45) is 5.92 Å². The number of aromatic amines is 1. The van der Waals surface area contributed by atoms with Crippen molar-refractivity contribution in [2.75, 3.05) is 25.2 Å². The van der Waals surface area contributed by atoms with Crippen LogP contribution in [0.5, 0.6) is 17.2 Å². The van der Waals surface area contributed by atoms with Crippen molar-refractivity contribution in [3.8, 4) is 28.5 Å². The molecule has 2 aliphatic rings. The average molecular weight is 512 g/mol. The molecule has 2 aliphatic heterocycles. The number of hydrogen-bond donors (Lipinski definition) is 2. The van der Waals surface area contributed by atoms with Gasteiger partial charge in [0.05, 0.1) is 31.3 Å². The highest BCUT2D eigenvalue weighted by atomic mass is 32.2. The van der Waals surface area contributed by atoms with E-state index in [1.807, 2.05) is 18.2 Å². The molecule has 3 heterocycles. The van der Waals surface area contributed by atoms with E-state index >= 15 is 0 Å². The molecule has 0 saturated carbocycles. The number of sulfone groups is 1. The number of nitrogens with zero attached hydrogens (tertiary/aromatic N) is 2. The number of methoxy groups -OCH3 is 1. The van der Waals surface area contributed by atoms with E-state index in [1.165, 1.54) is 0 Å². The third-order valence-electron chi connectivity index (χ3n) is 6.64. The number of rotatable bonds is 7. The van der Waals surface area contributed by atoms with E-state index in [1.54, 1.807) is 36.3 Å². The van der Waals surface area contributed by atoms with E-state index in [0.717, 1.165) is 5.56 Å². The Morgan fingerprint density at radius 1 is 1.19 bits per heavy atom. The van der Waals surface area contributed by atoms with Gasteiger partial charge >= 0.3 is 0 Å². The van der Waals surface area contributed by atoms with E-state index in [0.29, 0.717) is 53.0 Å². The van der Waals surface area contributed by atoms with Gasteiger partial charge in [0.1, 0.15) is 17.1 Å². The summed E-state index contributed by atoms with van der Waals surface area (Å²) in [5, 5.41) is 17.8. The summed E-state index contributed by atoms with van der Waals surface area (Å²) in [6.45, 7) is 4.63. The number of H-pyrrole nitrogens is 1. The van der Waals surface area contributed by atoms with Gasteiger partial charge in [0, 0.05) is 17.2 Å². The Morgan fingerprint density at radius 3 is 2.64 bits per heavy atom. The number of benzene rings is 2. The lowest BCUT2D eigenvalue weighted by Crippen LogP contribution is -2.40. The minimum atomic E-state index is -3.24. The molecular formula is C26H29N3O6S. The summed E-state index contributed by atoms with van der Waals surface area (Å²) in [5.41, 5.74) is 2.56. The van der Waals surface area contributed by atoms with Crippen LogP contribution in [-0.4, -0.2) is 65.8 Å². The third kappa shape index (κ3) is 4.19. The van der Waals surface area contributed by atoms with E-state index in [4.69, 9.17) is 9.47 Å². The molecule has 0 bridgehead atoms. The predicted molar refractivity (Wildman–Crippen MR) is 134 cm³/mol. The number of carbonyl (C=O) groups is 1. The molecule has 9 nitrogen and oxygen atoms in total. The second kappa shape index (κ2) is 9.16. The summed E-state index contributed by atoms with van der Waals surface area (Å²) >= 11 is 0. The van der Waals surface area contributed by atoms with Gasteiger partial charge < -0.3 is 19.5 Å². The largest absolute Gasteiger partial charge is 0.507 e. The van der Waals surface area contributed by atoms with Gasteiger partial charge in [-0.15, -0.1) is 0 Å². The van der Waals surface area contributed by atoms with Crippen LogP contribution in [0.25, 0.3) is 11.3 Å². The molecule has 190 valence electrons. The molecule has 0 aliphatic carbocycles. The van der Waals surface area contributed by atoms with E-state index in [2.05, 4.69) is 24.0 Å². The molecule has 1 amide bonds. The maximum Gasteiger partial charge on any atom is 0.273 e. The number of nitrogens with one attached hydrogen (secondary N) is 1. The van der Waals surface area contributed by atoms with Crippen LogP contribution in [-0.2, 0) is 9.84 Å². The first-order chi connectivity index (χ1) is 17.2. The van der Waals surface area contributed by atoms with Crippen LogP contribution in [0, 0.1) is 5.92 Å². The predicted octanol–water partition coefficient (Wildman–Crippen LogP) is 3.56. The van der Waals surface area contributed by atoms with Crippen LogP contribution in [0.15, 0.2) is 42.5 Å². The Hall–Kier alpha value is -3.53. The first-order valence-electron chi connectivity index (χ1n) is 11.9. The summed E-state index contributed by atoms with van der Waals surface area (Å²) in [5.74, 6) is 1.10. The fourth-order valence-electron chi connectivity index (χ4n) is 4.97.